The molecule has 0 saturated heterocycles. The van der Waals surface area contributed by atoms with Crippen LogP contribution in [0.15, 0.2) is 12.2 Å². The van der Waals surface area contributed by atoms with E-state index < -0.39 is 0 Å². The molecule has 0 radical (unpaired) electrons. The molecular weight excluding hydrogens is 303 g/mol. The summed E-state index contributed by atoms with van der Waals surface area (Å²) in [6, 6.07) is 0. The van der Waals surface area contributed by atoms with Crippen LogP contribution in [0.3, 0.4) is 0 Å². The molecule has 0 heterocycles. The Hall–Kier alpha value is -0.0600. The number of carbonyl (C=O) groups is 1. The molecule has 88 valence electrons. The van der Waals surface area contributed by atoms with Gasteiger partial charge in [-0.15, -0.1) is 0 Å². The number of rotatable bonds is 9. The zero-order valence-electron chi connectivity index (χ0n) is 9.56. The molecule has 0 spiro atoms. The maximum absolute atomic E-state index is 11.0. The molecule has 0 amide bonds. The van der Waals surface area contributed by atoms with E-state index in [-0.39, 0.29) is 5.97 Å². The molecule has 0 aliphatic heterocycles. The fourth-order valence-corrected chi connectivity index (χ4v) is 1.93. The van der Waals surface area contributed by atoms with Gasteiger partial charge in [-0.1, -0.05) is 54.9 Å². The zero-order valence-corrected chi connectivity index (χ0v) is 11.7. The largest absolute Gasteiger partial charge is 0.466 e. The van der Waals surface area contributed by atoms with Crippen LogP contribution >= 0.6 is 22.6 Å². The maximum Gasteiger partial charge on any atom is 0.333 e. The van der Waals surface area contributed by atoms with Gasteiger partial charge in [0.05, 0.1) is 7.11 Å². The summed E-state index contributed by atoms with van der Waals surface area (Å²) in [5, 5.41) is 0. The van der Waals surface area contributed by atoms with Gasteiger partial charge in [0.15, 0.2) is 0 Å². The number of hydrogen-bond donors (Lipinski definition) is 0. The van der Waals surface area contributed by atoms with Crippen molar-refractivity contribution in [2.45, 2.75) is 44.9 Å². The maximum atomic E-state index is 11.0. The second-order valence-corrected chi connectivity index (χ2v) is 4.73. The van der Waals surface area contributed by atoms with Crippen LogP contribution in [-0.2, 0) is 9.53 Å². The summed E-state index contributed by atoms with van der Waals surface area (Å²) in [5.74, 6) is -0.264. The third-order valence-corrected chi connectivity index (χ3v) is 3.10. The quantitative estimate of drug-likeness (QED) is 0.211. The van der Waals surface area contributed by atoms with Crippen LogP contribution in [0.2, 0.25) is 0 Å². The number of halogens is 1. The van der Waals surface area contributed by atoms with Gasteiger partial charge in [0.2, 0.25) is 0 Å². The predicted molar refractivity (Wildman–Crippen MR) is 72.4 cm³/mol. The highest BCUT2D eigenvalue weighted by Crippen LogP contribution is 2.11. The summed E-state index contributed by atoms with van der Waals surface area (Å²) >= 11 is 2.41. The van der Waals surface area contributed by atoms with Crippen LogP contribution in [0.25, 0.3) is 0 Å². The molecule has 0 aromatic rings. The fourth-order valence-electron chi connectivity index (χ4n) is 1.39. The number of carbonyl (C=O) groups excluding carboxylic acids is 1. The highest BCUT2D eigenvalue weighted by atomic mass is 127. The Morgan fingerprint density at radius 1 is 1.13 bits per heavy atom. The van der Waals surface area contributed by atoms with Crippen molar-refractivity contribution in [3.63, 3.8) is 0 Å². The molecular formula is C12H21IO2. The molecule has 0 saturated carbocycles. The van der Waals surface area contributed by atoms with Crippen LogP contribution < -0.4 is 0 Å². The number of esters is 1. The summed E-state index contributed by atoms with van der Waals surface area (Å²) in [6.45, 7) is 3.70. The number of hydrogen-bond acceptors (Lipinski definition) is 2. The zero-order chi connectivity index (χ0) is 11.5. The van der Waals surface area contributed by atoms with Crippen molar-refractivity contribution in [1.82, 2.24) is 0 Å². The highest BCUT2D eigenvalue weighted by Gasteiger charge is 2.04. The Morgan fingerprint density at radius 3 is 2.20 bits per heavy atom. The Labute approximate surface area is 107 Å². The molecule has 15 heavy (non-hydrogen) atoms. The minimum atomic E-state index is -0.264. The van der Waals surface area contributed by atoms with Gasteiger partial charge >= 0.3 is 5.97 Å². The van der Waals surface area contributed by atoms with Crippen molar-refractivity contribution in [1.29, 1.82) is 0 Å². The van der Waals surface area contributed by atoms with E-state index in [2.05, 4.69) is 33.9 Å². The average Bonchev–Trinajstić information content (AvgIpc) is 2.26. The van der Waals surface area contributed by atoms with Crippen molar-refractivity contribution in [3.8, 4) is 0 Å². The van der Waals surface area contributed by atoms with Gasteiger partial charge in [-0.2, -0.15) is 0 Å². The van der Waals surface area contributed by atoms with E-state index in [0.29, 0.717) is 5.57 Å². The molecule has 0 N–H and O–H groups in total. The molecule has 0 aromatic heterocycles. The Kier molecular flexibility index (Phi) is 10.4. The Bertz CT molecular complexity index is 190. The third kappa shape index (κ3) is 8.90. The van der Waals surface area contributed by atoms with Crippen molar-refractivity contribution < 1.29 is 9.53 Å². The van der Waals surface area contributed by atoms with Gasteiger partial charge in [-0.3, -0.25) is 0 Å². The van der Waals surface area contributed by atoms with Gasteiger partial charge in [0.1, 0.15) is 0 Å². The second-order valence-electron chi connectivity index (χ2n) is 3.66. The predicted octanol–water partition coefficient (Wildman–Crippen LogP) is 3.88. The molecule has 0 fully saturated rings. The average molecular weight is 324 g/mol. The van der Waals surface area contributed by atoms with Crippen molar-refractivity contribution in [2.75, 3.05) is 11.5 Å². The summed E-state index contributed by atoms with van der Waals surface area (Å²) in [7, 11) is 1.40. The lowest BCUT2D eigenvalue weighted by molar-refractivity contribution is -0.136. The van der Waals surface area contributed by atoms with Gasteiger partial charge in [0.25, 0.3) is 0 Å². The number of alkyl halides is 1. The van der Waals surface area contributed by atoms with Gasteiger partial charge in [0, 0.05) is 5.57 Å². The summed E-state index contributed by atoms with van der Waals surface area (Å²) in [4.78, 5) is 11.0. The van der Waals surface area contributed by atoms with Crippen molar-refractivity contribution >= 4 is 28.6 Å². The summed E-state index contributed by atoms with van der Waals surface area (Å²) in [5.41, 5.74) is 0.602. The SMILES string of the molecule is C=C(CCCCCCCCI)C(=O)OC. The number of ether oxygens (including phenoxy) is 1. The van der Waals surface area contributed by atoms with E-state index >= 15 is 0 Å². The van der Waals surface area contributed by atoms with E-state index in [1.165, 1.54) is 43.6 Å². The minimum Gasteiger partial charge on any atom is -0.466 e. The van der Waals surface area contributed by atoms with Gasteiger partial charge in [-0.25, -0.2) is 4.79 Å². The molecule has 2 nitrogen and oxygen atoms in total. The smallest absolute Gasteiger partial charge is 0.333 e. The summed E-state index contributed by atoms with van der Waals surface area (Å²) < 4.78 is 5.84. The van der Waals surface area contributed by atoms with Crippen molar-refractivity contribution in [3.05, 3.63) is 12.2 Å². The number of unbranched alkanes of at least 4 members (excludes halogenated alkanes) is 5. The fraction of sp³-hybridized carbons (Fsp3) is 0.750. The standard InChI is InChI=1S/C12H21IO2/c1-11(12(14)15-2)9-7-5-3-4-6-8-10-13/h1,3-10H2,2H3. The monoisotopic (exact) mass is 324 g/mol. The van der Waals surface area contributed by atoms with E-state index in [0.717, 1.165) is 12.8 Å². The first-order valence-corrected chi connectivity index (χ1v) is 7.07. The van der Waals surface area contributed by atoms with E-state index in [1.54, 1.807) is 0 Å². The highest BCUT2D eigenvalue weighted by molar-refractivity contribution is 14.1. The van der Waals surface area contributed by atoms with E-state index in [1.807, 2.05) is 0 Å². The lowest BCUT2D eigenvalue weighted by atomic mass is 10.1. The summed E-state index contributed by atoms with van der Waals surface area (Å²) in [6.07, 6.45) is 8.27. The first-order chi connectivity index (χ1) is 7.22. The molecule has 0 aromatic carbocycles. The van der Waals surface area contributed by atoms with Crippen LogP contribution in [0.1, 0.15) is 44.9 Å². The first-order valence-electron chi connectivity index (χ1n) is 5.54. The molecule has 0 atom stereocenters. The van der Waals surface area contributed by atoms with Crippen LogP contribution in [0.4, 0.5) is 0 Å². The molecule has 0 rings (SSSR count). The topological polar surface area (TPSA) is 26.3 Å². The van der Waals surface area contributed by atoms with Gasteiger partial charge in [-0.05, 0) is 23.7 Å². The van der Waals surface area contributed by atoms with Crippen LogP contribution in [-0.4, -0.2) is 17.5 Å². The van der Waals surface area contributed by atoms with E-state index in [9.17, 15) is 4.79 Å². The van der Waals surface area contributed by atoms with Crippen LogP contribution in [0, 0.1) is 0 Å². The normalized spacial score (nSPS) is 10.0. The Morgan fingerprint density at radius 2 is 1.67 bits per heavy atom. The first kappa shape index (κ1) is 14.9. The third-order valence-electron chi connectivity index (χ3n) is 2.34. The Balaban J connectivity index is 3.24. The minimum absolute atomic E-state index is 0.264. The molecule has 0 bridgehead atoms. The molecule has 0 unspecified atom stereocenters. The lowest BCUT2D eigenvalue weighted by Gasteiger charge is -2.03. The number of methoxy groups -OCH3 is 1. The van der Waals surface area contributed by atoms with Crippen molar-refractivity contribution in [2.24, 2.45) is 0 Å². The van der Waals surface area contributed by atoms with Gasteiger partial charge < -0.3 is 4.74 Å². The molecule has 3 heteroatoms. The second kappa shape index (κ2) is 10.5. The van der Waals surface area contributed by atoms with Crippen LogP contribution in [0.5, 0.6) is 0 Å². The molecule has 0 aliphatic carbocycles. The lowest BCUT2D eigenvalue weighted by Crippen LogP contribution is -2.03. The molecule has 0 aliphatic rings. The van der Waals surface area contributed by atoms with E-state index in [4.69, 9.17) is 0 Å².